The fourth-order valence-corrected chi connectivity index (χ4v) is 2.58. The Labute approximate surface area is 143 Å². The monoisotopic (exact) mass is 316 g/mol. The summed E-state index contributed by atoms with van der Waals surface area (Å²) >= 11 is 0. The van der Waals surface area contributed by atoms with Gasteiger partial charge in [0.1, 0.15) is 7.05 Å². The molecular weight excluding hydrogens is 294 g/mol. The smallest absolute Gasteiger partial charge is 0.177 e. The number of pyridine rings is 1. The van der Waals surface area contributed by atoms with Crippen LogP contribution in [-0.2, 0) is 13.6 Å². The summed E-state index contributed by atoms with van der Waals surface area (Å²) in [5.74, 6) is 0. The number of benzene rings is 2. The summed E-state index contributed by atoms with van der Waals surface area (Å²) in [5.41, 5.74) is 4.43. The molecule has 0 amide bonds. The molecule has 0 aliphatic rings. The van der Waals surface area contributed by atoms with E-state index in [1.165, 1.54) is 5.56 Å². The van der Waals surface area contributed by atoms with Crippen molar-refractivity contribution in [3.05, 3.63) is 96.3 Å². The molecule has 24 heavy (non-hydrogen) atoms. The standard InChI is InChI=1S/C21H22N3/c1-18(20-12-9-15-23(2)17-20)22-24(21-13-7-4-8-14-21)16-19-10-5-3-6-11-19/h3-15,17H,16H2,1-2H3/q+1. The second kappa shape index (κ2) is 7.55. The van der Waals surface area contributed by atoms with Crippen molar-refractivity contribution in [2.75, 3.05) is 5.01 Å². The van der Waals surface area contributed by atoms with E-state index >= 15 is 0 Å². The molecule has 0 unspecified atom stereocenters. The van der Waals surface area contributed by atoms with Crippen LogP contribution >= 0.6 is 0 Å². The van der Waals surface area contributed by atoms with Gasteiger partial charge in [-0.2, -0.15) is 5.10 Å². The second-order valence-electron chi connectivity index (χ2n) is 5.82. The molecule has 3 aromatic rings. The molecular formula is C21H22N3+. The summed E-state index contributed by atoms with van der Waals surface area (Å²) in [6.07, 6.45) is 4.11. The number of anilines is 1. The molecule has 0 spiro atoms. The fourth-order valence-electron chi connectivity index (χ4n) is 2.58. The molecule has 3 nitrogen and oxygen atoms in total. The molecule has 0 saturated carbocycles. The van der Waals surface area contributed by atoms with Gasteiger partial charge in [-0.15, -0.1) is 0 Å². The minimum Gasteiger partial charge on any atom is -0.261 e. The van der Waals surface area contributed by atoms with Crippen molar-refractivity contribution in [3.8, 4) is 0 Å². The van der Waals surface area contributed by atoms with Crippen molar-refractivity contribution in [1.29, 1.82) is 0 Å². The minimum absolute atomic E-state index is 0.737. The largest absolute Gasteiger partial charge is 0.261 e. The van der Waals surface area contributed by atoms with Gasteiger partial charge in [-0.25, -0.2) is 4.57 Å². The van der Waals surface area contributed by atoms with E-state index in [1.54, 1.807) is 0 Å². The maximum Gasteiger partial charge on any atom is 0.177 e. The third-order valence-corrected chi connectivity index (χ3v) is 3.86. The van der Waals surface area contributed by atoms with Crippen molar-refractivity contribution < 1.29 is 4.57 Å². The molecule has 3 heteroatoms. The normalized spacial score (nSPS) is 11.3. The topological polar surface area (TPSA) is 19.5 Å². The Morgan fingerprint density at radius 1 is 0.917 bits per heavy atom. The Morgan fingerprint density at radius 3 is 2.25 bits per heavy atom. The molecule has 0 N–H and O–H groups in total. The van der Waals surface area contributed by atoms with E-state index in [2.05, 4.69) is 60.6 Å². The van der Waals surface area contributed by atoms with Crippen molar-refractivity contribution >= 4 is 11.4 Å². The summed E-state index contributed by atoms with van der Waals surface area (Å²) in [4.78, 5) is 0. The Balaban J connectivity index is 1.94. The first-order chi connectivity index (χ1) is 11.7. The first-order valence-corrected chi connectivity index (χ1v) is 8.10. The van der Waals surface area contributed by atoms with E-state index in [0.717, 1.165) is 23.5 Å². The van der Waals surface area contributed by atoms with Crippen LogP contribution in [0, 0.1) is 0 Å². The molecule has 0 aliphatic carbocycles. The zero-order valence-electron chi connectivity index (χ0n) is 14.1. The zero-order valence-corrected chi connectivity index (χ0v) is 14.1. The van der Waals surface area contributed by atoms with Crippen molar-refractivity contribution in [2.45, 2.75) is 13.5 Å². The van der Waals surface area contributed by atoms with Gasteiger partial charge in [0, 0.05) is 6.07 Å². The van der Waals surface area contributed by atoms with Gasteiger partial charge in [-0.1, -0.05) is 48.5 Å². The molecule has 120 valence electrons. The third-order valence-electron chi connectivity index (χ3n) is 3.86. The van der Waals surface area contributed by atoms with Gasteiger partial charge in [-0.05, 0) is 30.7 Å². The average Bonchev–Trinajstić information content (AvgIpc) is 2.63. The molecule has 2 aromatic carbocycles. The molecule has 0 atom stereocenters. The van der Waals surface area contributed by atoms with Gasteiger partial charge in [0.05, 0.1) is 23.5 Å². The van der Waals surface area contributed by atoms with E-state index < -0.39 is 0 Å². The van der Waals surface area contributed by atoms with Gasteiger partial charge in [-0.3, -0.25) is 5.01 Å². The highest BCUT2D eigenvalue weighted by molar-refractivity contribution is 5.98. The zero-order chi connectivity index (χ0) is 16.8. The number of hydrogen-bond acceptors (Lipinski definition) is 2. The molecule has 0 saturated heterocycles. The summed E-state index contributed by atoms with van der Waals surface area (Å²) in [6, 6.07) is 24.8. The van der Waals surface area contributed by atoms with E-state index in [4.69, 9.17) is 5.10 Å². The lowest BCUT2D eigenvalue weighted by Gasteiger charge is -2.20. The van der Waals surface area contributed by atoms with Gasteiger partial charge in [0.2, 0.25) is 0 Å². The van der Waals surface area contributed by atoms with Crippen molar-refractivity contribution in [1.82, 2.24) is 0 Å². The number of aromatic nitrogens is 1. The van der Waals surface area contributed by atoms with E-state index in [9.17, 15) is 0 Å². The van der Waals surface area contributed by atoms with Crippen LogP contribution in [0.5, 0.6) is 0 Å². The average molecular weight is 316 g/mol. The first-order valence-electron chi connectivity index (χ1n) is 8.10. The van der Waals surface area contributed by atoms with E-state index in [0.29, 0.717) is 0 Å². The first kappa shape index (κ1) is 15.9. The van der Waals surface area contributed by atoms with Crippen LogP contribution in [0.2, 0.25) is 0 Å². The van der Waals surface area contributed by atoms with Crippen LogP contribution < -0.4 is 9.58 Å². The molecule has 3 rings (SSSR count). The second-order valence-corrected chi connectivity index (χ2v) is 5.82. The van der Waals surface area contributed by atoms with Crippen molar-refractivity contribution in [3.63, 3.8) is 0 Å². The highest BCUT2D eigenvalue weighted by Crippen LogP contribution is 2.18. The number of nitrogens with zero attached hydrogens (tertiary/aromatic N) is 3. The molecule has 1 aromatic heterocycles. The number of para-hydroxylation sites is 1. The summed E-state index contributed by atoms with van der Waals surface area (Å²) < 4.78 is 2.04. The van der Waals surface area contributed by atoms with E-state index in [-0.39, 0.29) is 0 Å². The van der Waals surface area contributed by atoms with Gasteiger partial charge in [0.15, 0.2) is 12.4 Å². The Hall–Kier alpha value is -2.94. The lowest BCUT2D eigenvalue weighted by molar-refractivity contribution is -0.671. The maximum atomic E-state index is 4.89. The predicted molar refractivity (Wildman–Crippen MR) is 98.9 cm³/mol. The Kier molecular flexibility index (Phi) is 5.02. The number of hydrogen-bond donors (Lipinski definition) is 0. The molecule has 0 fully saturated rings. The van der Waals surface area contributed by atoms with E-state index in [1.807, 2.05) is 48.1 Å². The molecule has 1 heterocycles. The summed E-state index contributed by atoms with van der Waals surface area (Å²) in [5, 5.41) is 6.94. The SMILES string of the molecule is CC(=NN(Cc1ccccc1)c1ccccc1)c1ccc[n+](C)c1. The number of rotatable bonds is 5. The number of hydrazone groups is 1. The van der Waals surface area contributed by atoms with Crippen LogP contribution in [-0.4, -0.2) is 5.71 Å². The fraction of sp³-hybridized carbons (Fsp3) is 0.143. The summed E-state index contributed by atoms with van der Waals surface area (Å²) in [6.45, 7) is 2.79. The van der Waals surface area contributed by atoms with Crippen LogP contribution in [0.15, 0.2) is 90.3 Å². The minimum atomic E-state index is 0.737. The Bertz CT molecular complexity index is 811. The lowest BCUT2D eigenvalue weighted by Crippen LogP contribution is -2.28. The highest BCUT2D eigenvalue weighted by Gasteiger charge is 2.09. The summed E-state index contributed by atoms with van der Waals surface area (Å²) in [7, 11) is 2.02. The molecule has 0 bridgehead atoms. The maximum absolute atomic E-state index is 4.89. The quantitative estimate of drug-likeness (QED) is 0.396. The Morgan fingerprint density at radius 2 is 1.58 bits per heavy atom. The van der Waals surface area contributed by atoms with Crippen LogP contribution in [0.4, 0.5) is 5.69 Å². The van der Waals surface area contributed by atoms with Crippen LogP contribution in [0.25, 0.3) is 0 Å². The highest BCUT2D eigenvalue weighted by atomic mass is 15.5. The lowest BCUT2D eigenvalue weighted by atomic mass is 10.2. The third kappa shape index (κ3) is 4.07. The predicted octanol–water partition coefficient (Wildman–Crippen LogP) is 3.94. The molecule has 0 radical (unpaired) electrons. The van der Waals surface area contributed by atoms with Crippen molar-refractivity contribution in [2.24, 2.45) is 12.1 Å². The van der Waals surface area contributed by atoms with Gasteiger partial charge < -0.3 is 0 Å². The molecule has 0 aliphatic heterocycles. The van der Waals surface area contributed by atoms with Crippen LogP contribution in [0.3, 0.4) is 0 Å². The van der Waals surface area contributed by atoms with Gasteiger partial charge >= 0.3 is 0 Å². The van der Waals surface area contributed by atoms with Gasteiger partial charge in [0.25, 0.3) is 0 Å². The van der Waals surface area contributed by atoms with Crippen LogP contribution in [0.1, 0.15) is 18.1 Å². The number of aryl methyl sites for hydroxylation is 1.